The minimum absolute atomic E-state index is 0.321. The van der Waals surface area contributed by atoms with Gasteiger partial charge in [0.25, 0.3) is 0 Å². The summed E-state index contributed by atoms with van der Waals surface area (Å²) >= 11 is 0. The molecule has 0 aromatic heterocycles. The van der Waals surface area contributed by atoms with Crippen molar-refractivity contribution in [3.63, 3.8) is 0 Å². The van der Waals surface area contributed by atoms with Gasteiger partial charge in [0.1, 0.15) is 5.75 Å². The number of nitrogens with one attached hydrogen (secondary N) is 1. The first kappa shape index (κ1) is 9.19. The molecular formula is C11H16N2O. The molecule has 0 amide bonds. The zero-order chi connectivity index (χ0) is 10.1. The van der Waals surface area contributed by atoms with Crippen molar-refractivity contribution in [3.8, 4) is 5.75 Å². The Morgan fingerprint density at radius 3 is 3.07 bits per heavy atom. The fourth-order valence-electron chi connectivity index (χ4n) is 1.95. The van der Waals surface area contributed by atoms with Crippen LogP contribution in [0, 0.1) is 0 Å². The average molecular weight is 192 g/mol. The van der Waals surface area contributed by atoms with Crippen LogP contribution in [0.2, 0.25) is 0 Å². The van der Waals surface area contributed by atoms with E-state index < -0.39 is 0 Å². The first-order chi connectivity index (χ1) is 6.70. The number of fused-ring (bicyclic) bond motifs is 1. The maximum absolute atomic E-state index is 9.37. The van der Waals surface area contributed by atoms with Crippen LogP contribution in [0.1, 0.15) is 13.8 Å². The molecule has 0 saturated heterocycles. The number of anilines is 2. The van der Waals surface area contributed by atoms with Gasteiger partial charge in [-0.25, -0.2) is 0 Å². The second-order valence-electron chi connectivity index (χ2n) is 3.79. The van der Waals surface area contributed by atoms with Crippen molar-refractivity contribution in [2.75, 3.05) is 23.3 Å². The van der Waals surface area contributed by atoms with Gasteiger partial charge >= 0.3 is 0 Å². The summed E-state index contributed by atoms with van der Waals surface area (Å²) in [6.45, 7) is 6.32. The van der Waals surface area contributed by atoms with Crippen LogP contribution in [0.5, 0.6) is 5.75 Å². The molecule has 2 rings (SSSR count). The first-order valence-corrected chi connectivity index (χ1v) is 5.05. The molecule has 0 spiro atoms. The second kappa shape index (κ2) is 3.40. The highest BCUT2D eigenvalue weighted by molar-refractivity contribution is 5.74. The van der Waals surface area contributed by atoms with E-state index in [1.54, 1.807) is 12.1 Å². The second-order valence-corrected chi connectivity index (χ2v) is 3.79. The van der Waals surface area contributed by atoms with Gasteiger partial charge in [0.2, 0.25) is 0 Å². The fourth-order valence-corrected chi connectivity index (χ4v) is 1.95. The van der Waals surface area contributed by atoms with Crippen molar-refractivity contribution in [2.24, 2.45) is 0 Å². The Balaban J connectivity index is 2.40. The van der Waals surface area contributed by atoms with Crippen molar-refractivity contribution in [1.29, 1.82) is 0 Å². The largest absolute Gasteiger partial charge is 0.508 e. The summed E-state index contributed by atoms with van der Waals surface area (Å²) in [5, 5.41) is 12.7. The van der Waals surface area contributed by atoms with Crippen LogP contribution in [-0.2, 0) is 0 Å². The minimum Gasteiger partial charge on any atom is -0.508 e. The Morgan fingerprint density at radius 1 is 1.57 bits per heavy atom. The number of nitrogens with zero attached hydrogens (tertiary/aromatic N) is 1. The molecule has 0 radical (unpaired) electrons. The summed E-state index contributed by atoms with van der Waals surface area (Å²) in [6, 6.07) is 5.92. The molecule has 2 N–H and O–H groups in total. The Hall–Kier alpha value is -1.38. The third-order valence-electron chi connectivity index (χ3n) is 2.60. The molecule has 0 bridgehead atoms. The molecule has 1 atom stereocenters. The van der Waals surface area contributed by atoms with E-state index in [9.17, 15) is 5.11 Å². The number of hydrogen-bond donors (Lipinski definition) is 2. The number of hydrogen-bond acceptors (Lipinski definition) is 3. The number of phenolic OH excluding ortho intramolecular Hbond substituents is 1. The van der Waals surface area contributed by atoms with Gasteiger partial charge in [-0.15, -0.1) is 0 Å². The van der Waals surface area contributed by atoms with Crippen LogP contribution >= 0.6 is 0 Å². The summed E-state index contributed by atoms with van der Waals surface area (Å²) in [6.07, 6.45) is 0. The lowest BCUT2D eigenvalue weighted by Gasteiger charge is -2.35. The van der Waals surface area contributed by atoms with Crippen LogP contribution < -0.4 is 10.2 Å². The summed E-state index contributed by atoms with van der Waals surface area (Å²) in [5.41, 5.74) is 2.22. The third kappa shape index (κ3) is 1.50. The van der Waals surface area contributed by atoms with Gasteiger partial charge in [0.15, 0.2) is 0 Å². The molecule has 3 heteroatoms. The van der Waals surface area contributed by atoms with Crippen LogP contribution in [0.4, 0.5) is 11.4 Å². The Morgan fingerprint density at radius 2 is 2.36 bits per heavy atom. The Bertz CT molecular complexity index is 338. The van der Waals surface area contributed by atoms with Crippen molar-refractivity contribution in [2.45, 2.75) is 19.9 Å². The molecule has 0 aliphatic carbocycles. The van der Waals surface area contributed by atoms with E-state index in [2.05, 4.69) is 24.1 Å². The van der Waals surface area contributed by atoms with Gasteiger partial charge < -0.3 is 15.3 Å². The van der Waals surface area contributed by atoms with Crippen molar-refractivity contribution < 1.29 is 5.11 Å². The molecule has 76 valence electrons. The van der Waals surface area contributed by atoms with Crippen LogP contribution in [0.15, 0.2) is 18.2 Å². The molecular weight excluding hydrogens is 176 g/mol. The maximum Gasteiger partial charge on any atom is 0.117 e. The Labute approximate surface area is 84.4 Å². The highest BCUT2D eigenvalue weighted by Crippen LogP contribution is 2.33. The molecule has 0 saturated carbocycles. The van der Waals surface area contributed by atoms with Crippen LogP contribution in [0.25, 0.3) is 0 Å². The van der Waals surface area contributed by atoms with E-state index in [0.717, 1.165) is 18.8 Å². The molecule has 1 aromatic carbocycles. The Kier molecular flexibility index (Phi) is 2.23. The SMILES string of the molecule is CCN1CC(C)Nc2cc(O)ccc21. The smallest absolute Gasteiger partial charge is 0.117 e. The van der Waals surface area contributed by atoms with Crippen LogP contribution in [0.3, 0.4) is 0 Å². The van der Waals surface area contributed by atoms with Crippen molar-refractivity contribution in [1.82, 2.24) is 0 Å². The summed E-state index contributed by atoms with van der Waals surface area (Å²) < 4.78 is 0. The molecule has 14 heavy (non-hydrogen) atoms. The predicted octanol–water partition coefficient (Wildman–Crippen LogP) is 2.03. The van der Waals surface area contributed by atoms with E-state index in [0.29, 0.717) is 11.8 Å². The van der Waals surface area contributed by atoms with Gasteiger partial charge in [0.05, 0.1) is 11.4 Å². The lowest BCUT2D eigenvalue weighted by atomic mass is 10.1. The molecule has 0 fully saturated rings. The number of benzene rings is 1. The quantitative estimate of drug-likeness (QED) is 0.714. The monoisotopic (exact) mass is 192 g/mol. The highest BCUT2D eigenvalue weighted by Gasteiger charge is 2.19. The fraction of sp³-hybridized carbons (Fsp3) is 0.455. The maximum atomic E-state index is 9.37. The average Bonchev–Trinajstić information content (AvgIpc) is 2.15. The number of aromatic hydroxyl groups is 1. The lowest BCUT2D eigenvalue weighted by Crippen LogP contribution is -2.39. The van der Waals surface area contributed by atoms with Crippen molar-refractivity contribution in [3.05, 3.63) is 18.2 Å². The normalized spacial score (nSPS) is 20.1. The zero-order valence-electron chi connectivity index (χ0n) is 8.62. The molecule has 1 aromatic rings. The van der Waals surface area contributed by atoms with E-state index in [-0.39, 0.29) is 0 Å². The first-order valence-electron chi connectivity index (χ1n) is 5.05. The highest BCUT2D eigenvalue weighted by atomic mass is 16.3. The minimum atomic E-state index is 0.321. The predicted molar refractivity (Wildman–Crippen MR) is 59.1 cm³/mol. The van der Waals surface area contributed by atoms with E-state index >= 15 is 0 Å². The summed E-state index contributed by atoms with van der Waals surface area (Å²) in [4.78, 5) is 2.32. The van der Waals surface area contributed by atoms with Gasteiger partial charge in [-0.1, -0.05) is 0 Å². The van der Waals surface area contributed by atoms with E-state index in [4.69, 9.17) is 0 Å². The number of likely N-dealkylation sites (N-methyl/N-ethyl adjacent to an activating group) is 1. The van der Waals surface area contributed by atoms with E-state index in [1.165, 1.54) is 5.69 Å². The standard InChI is InChI=1S/C11H16N2O/c1-3-13-7-8(2)12-10-6-9(14)4-5-11(10)13/h4-6,8,12,14H,3,7H2,1-2H3. The molecule has 1 aliphatic heterocycles. The van der Waals surface area contributed by atoms with Gasteiger partial charge in [0, 0.05) is 25.2 Å². The third-order valence-corrected chi connectivity index (χ3v) is 2.60. The summed E-state index contributed by atoms with van der Waals surface area (Å²) in [7, 11) is 0. The van der Waals surface area contributed by atoms with Crippen molar-refractivity contribution >= 4 is 11.4 Å². The van der Waals surface area contributed by atoms with Crippen LogP contribution in [-0.4, -0.2) is 24.2 Å². The molecule has 1 heterocycles. The number of phenols is 1. The zero-order valence-corrected chi connectivity index (χ0v) is 8.62. The molecule has 1 aliphatic rings. The van der Waals surface area contributed by atoms with Gasteiger partial charge in [-0.3, -0.25) is 0 Å². The number of rotatable bonds is 1. The lowest BCUT2D eigenvalue weighted by molar-refractivity contribution is 0.475. The molecule has 3 nitrogen and oxygen atoms in total. The summed E-state index contributed by atoms with van der Waals surface area (Å²) in [5.74, 6) is 0.321. The van der Waals surface area contributed by atoms with Gasteiger partial charge in [-0.2, -0.15) is 0 Å². The van der Waals surface area contributed by atoms with E-state index in [1.807, 2.05) is 6.07 Å². The van der Waals surface area contributed by atoms with Gasteiger partial charge in [-0.05, 0) is 26.0 Å². The topological polar surface area (TPSA) is 35.5 Å². The molecule has 1 unspecified atom stereocenters.